The van der Waals surface area contributed by atoms with Crippen molar-refractivity contribution in [2.24, 2.45) is 5.92 Å². The molecule has 2 unspecified atom stereocenters. The fraction of sp³-hybridized carbons (Fsp3) is 0.500. The maximum Gasteiger partial charge on any atom is 0.0961 e. The molecule has 0 fully saturated rings. The van der Waals surface area contributed by atoms with Gasteiger partial charge in [0.15, 0.2) is 0 Å². The highest BCUT2D eigenvalue weighted by molar-refractivity contribution is 7.14. The van der Waals surface area contributed by atoms with E-state index in [1.54, 1.807) is 0 Å². The smallest absolute Gasteiger partial charge is 0.0961 e. The molecule has 0 aromatic carbocycles. The van der Waals surface area contributed by atoms with Crippen molar-refractivity contribution in [3.63, 3.8) is 0 Å². The van der Waals surface area contributed by atoms with Crippen LogP contribution in [0.15, 0.2) is 23.6 Å². The molecule has 0 saturated carbocycles. The SMILES string of the molecule is CC1C=CC(O)(Cc2ccsc2Cl)CC1. The molecule has 0 spiro atoms. The summed E-state index contributed by atoms with van der Waals surface area (Å²) in [7, 11) is 0. The van der Waals surface area contributed by atoms with Crippen LogP contribution in [0.5, 0.6) is 0 Å². The van der Waals surface area contributed by atoms with Crippen LogP contribution in [-0.4, -0.2) is 10.7 Å². The van der Waals surface area contributed by atoms with Crippen LogP contribution >= 0.6 is 22.9 Å². The lowest BCUT2D eigenvalue weighted by atomic mass is 9.82. The molecular weight excluding hydrogens is 228 g/mol. The van der Waals surface area contributed by atoms with Crippen LogP contribution in [0.3, 0.4) is 0 Å². The number of thiophene rings is 1. The molecule has 0 saturated heterocycles. The van der Waals surface area contributed by atoms with E-state index >= 15 is 0 Å². The number of hydrogen-bond donors (Lipinski definition) is 1. The second kappa shape index (κ2) is 4.28. The minimum absolute atomic E-state index is 0.586. The number of halogens is 1. The summed E-state index contributed by atoms with van der Waals surface area (Å²) in [5, 5.41) is 12.3. The Kier molecular flexibility index (Phi) is 3.19. The fourth-order valence-electron chi connectivity index (χ4n) is 1.92. The summed E-state index contributed by atoms with van der Waals surface area (Å²) in [6, 6.07) is 2.00. The molecule has 1 aromatic heterocycles. The molecule has 0 bridgehead atoms. The van der Waals surface area contributed by atoms with Crippen molar-refractivity contribution in [1.82, 2.24) is 0 Å². The Bertz CT molecular complexity index is 371. The fourth-order valence-corrected chi connectivity index (χ4v) is 2.85. The molecule has 0 aliphatic heterocycles. The molecule has 1 N–H and O–H groups in total. The molecule has 1 nitrogen and oxygen atoms in total. The van der Waals surface area contributed by atoms with Crippen molar-refractivity contribution in [3.05, 3.63) is 33.5 Å². The Balaban J connectivity index is 2.12. The highest BCUT2D eigenvalue weighted by Crippen LogP contribution is 2.32. The number of allylic oxidation sites excluding steroid dienone is 1. The van der Waals surface area contributed by atoms with Crippen LogP contribution < -0.4 is 0 Å². The summed E-state index contributed by atoms with van der Waals surface area (Å²) < 4.78 is 0.801. The number of aliphatic hydroxyl groups is 1. The van der Waals surface area contributed by atoms with Crippen LogP contribution in [-0.2, 0) is 6.42 Å². The summed E-state index contributed by atoms with van der Waals surface area (Å²) in [5.74, 6) is 0.586. The molecule has 1 heterocycles. The summed E-state index contributed by atoms with van der Waals surface area (Å²) in [6.07, 6.45) is 6.56. The topological polar surface area (TPSA) is 20.2 Å². The predicted octanol–water partition coefficient (Wildman–Crippen LogP) is 3.66. The van der Waals surface area contributed by atoms with Gasteiger partial charge in [0.2, 0.25) is 0 Å². The van der Waals surface area contributed by atoms with E-state index in [9.17, 15) is 5.11 Å². The zero-order valence-electron chi connectivity index (χ0n) is 8.74. The van der Waals surface area contributed by atoms with Gasteiger partial charge < -0.3 is 5.11 Å². The maximum atomic E-state index is 10.3. The molecule has 2 rings (SSSR count). The van der Waals surface area contributed by atoms with Crippen molar-refractivity contribution in [1.29, 1.82) is 0 Å². The molecule has 82 valence electrons. The Hall–Kier alpha value is -0.310. The first-order valence-corrected chi connectivity index (χ1v) is 6.48. The van der Waals surface area contributed by atoms with Crippen LogP contribution in [0, 0.1) is 5.92 Å². The van der Waals surface area contributed by atoms with Crippen molar-refractivity contribution >= 4 is 22.9 Å². The molecule has 2 atom stereocenters. The van der Waals surface area contributed by atoms with Gasteiger partial charge in [-0.15, -0.1) is 11.3 Å². The van der Waals surface area contributed by atoms with E-state index in [4.69, 9.17) is 11.6 Å². The normalized spacial score (nSPS) is 30.7. The van der Waals surface area contributed by atoms with Crippen LogP contribution in [0.25, 0.3) is 0 Å². The van der Waals surface area contributed by atoms with Gasteiger partial charge in [-0.1, -0.05) is 30.7 Å². The third-order valence-electron chi connectivity index (χ3n) is 2.96. The van der Waals surface area contributed by atoms with Gasteiger partial charge in [-0.3, -0.25) is 0 Å². The lowest BCUT2D eigenvalue weighted by Gasteiger charge is -2.29. The maximum absolute atomic E-state index is 10.3. The largest absolute Gasteiger partial charge is 0.385 e. The summed E-state index contributed by atoms with van der Waals surface area (Å²) in [5.41, 5.74) is 0.375. The quantitative estimate of drug-likeness (QED) is 0.785. The second-order valence-corrected chi connectivity index (χ2v) is 5.89. The molecule has 15 heavy (non-hydrogen) atoms. The second-order valence-electron chi connectivity index (χ2n) is 4.37. The summed E-state index contributed by atoms with van der Waals surface area (Å²) >= 11 is 7.56. The van der Waals surface area contributed by atoms with E-state index in [0.717, 1.165) is 22.7 Å². The Labute approximate surface area is 99.4 Å². The Morgan fingerprint density at radius 2 is 2.47 bits per heavy atom. The molecule has 1 aliphatic rings. The van der Waals surface area contributed by atoms with Gasteiger partial charge in [0.05, 0.1) is 9.94 Å². The van der Waals surface area contributed by atoms with Gasteiger partial charge in [-0.05, 0) is 35.8 Å². The van der Waals surface area contributed by atoms with E-state index in [0.29, 0.717) is 12.3 Å². The molecule has 1 aliphatic carbocycles. The summed E-state index contributed by atoms with van der Waals surface area (Å²) in [6.45, 7) is 2.17. The van der Waals surface area contributed by atoms with Gasteiger partial charge >= 0.3 is 0 Å². The standard InChI is InChI=1S/C12H15ClOS/c1-9-2-5-12(14,6-3-9)8-10-4-7-15-11(10)13/h2,4-5,7,9,14H,3,6,8H2,1H3. The summed E-state index contributed by atoms with van der Waals surface area (Å²) in [4.78, 5) is 0. The third-order valence-corrected chi connectivity index (χ3v) is 4.21. The predicted molar refractivity (Wildman–Crippen MR) is 65.5 cm³/mol. The molecule has 1 aromatic rings. The molecule has 3 heteroatoms. The molecule has 0 radical (unpaired) electrons. The van der Waals surface area contributed by atoms with Crippen LogP contribution in [0.1, 0.15) is 25.3 Å². The van der Waals surface area contributed by atoms with Gasteiger partial charge in [0.1, 0.15) is 0 Å². The Morgan fingerprint density at radius 3 is 3.00 bits per heavy atom. The third kappa shape index (κ3) is 2.63. The van der Waals surface area contributed by atoms with Crippen molar-refractivity contribution in [2.45, 2.75) is 31.8 Å². The van der Waals surface area contributed by atoms with Gasteiger partial charge in [-0.25, -0.2) is 0 Å². The highest BCUT2D eigenvalue weighted by Gasteiger charge is 2.28. The zero-order chi connectivity index (χ0) is 10.9. The van der Waals surface area contributed by atoms with E-state index in [1.165, 1.54) is 11.3 Å². The van der Waals surface area contributed by atoms with E-state index in [-0.39, 0.29) is 0 Å². The Morgan fingerprint density at radius 1 is 1.67 bits per heavy atom. The first-order chi connectivity index (χ1) is 7.09. The first kappa shape index (κ1) is 11.2. The van der Waals surface area contributed by atoms with Crippen LogP contribution in [0.2, 0.25) is 4.34 Å². The minimum Gasteiger partial charge on any atom is -0.385 e. The lowest BCUT2D eigenvalue weighted by Crippen LogP contribution is -2.31. The monoisotopic (exact) mass is 242 g/mol. The first-order valence-electron chi connectivity index (χ1n) is 5.23. The van der Waals surface area contributed by atoms with Crippen molar-refractivity contribution < 1.29 is 5.11 Å². The molecule has 0 amide bonds. The van der Waals surface area contributed by atoms with E-state index in [2.05, 4.69) is 13.0 Å². The number of hydrogen-bond acceptors (Lipinski definition) is 2. The molecular formula is C12H15ClOS. The average molecular weight is 243 g/mol. The van der Waals surface area contributed by atoms with Crippen LogP contribution in [0.4, 0.5) is 0 Å². The van der Waals surface area contributed by atoms with Gasteiger partial charge in [0.25, 0.3) is 0 Å². The average Bonchev–Trinajstić information content (AvgIpc) is 2.58. The van der Waals surface area contributed by atoms with Crippen molar-refractivity contribution in [2.75, 3.05) is 0 Å². The van der Waals surface area contributed by atoms with E-state index in [1.807, 2.05) is 17.5 Å². The van der Waals surface area contributed by atoms with Crippen molar-refractivity contribution in [3.8, 4) is 0 Å². The minimum atomic E-state index is -0.683. The van der Waals surface area contributed by atoms with Gasteiger partial charge in [0, 0.05) is 6.42 Å². The highest BCUT2D eigenvalue weighted by atomic mass is 35.5. The van der Waals surface area contributed by atoms with Gasteiger partial charge in [-0.2, -0.15) is 0 Å². The number of rotatable bonds is 2. The lowest BCUT2D eigenvalue weighted by molar-refractivity contribution is 0.0701. The van der Waals surface area contributed by atoms with E-state index < -0.39 is 5.60 Å². The zero-order valence-corrected chi connectivity index (χ0v) is 10.3.